The van der Waals surface area contributed by atoms with Crippen LogP contribution in [0.4, 0.5) is 5.69 Å². The van der Waals surface area contributed by atoms with Crippen LogP contribution < -0.4 is 15.0 Å². The molecular formula is C23H40IN5O. The summed E-state index contributed by atoms with van der Waals surface area (Å²) in [5.41, 5.74) is 1.27. The second kappa shape index (κ2) is 13.2. The Kier molecular flexibility index (Phi) is 11.1. The van der Waals surface area contributed by atoms with Crippen molar-refractivity contribution in [1.82, 2.24) is 15.1 Å². The number of piperidine rings is 1. The molecular weight excluding hydrogens is 489 g/mol. The van der Waals surface area contributed by atoms with Crippen molar-refractivity contribution in [2.75, 3.05) is 70.9 Å². The summed E-state index contributed by atoms with van der Waals surface area (Å²) < 4.78 is 5.27. The number of ether oxygens (including phenoxy) is 1. The zero-order chi connectivity index (χ0) is 20.5. The van der Waals surface area contributed by atoms with E-state index < -0.39 is 0 Å². The zero-order valence-electron chi connectivity index (χ0n) is 19.0. The van der Waals surface area contributed by atoms with Crippen molar-refractivity contribution in [1.29, 1.82) is 0 Å². The molecule has 0 spiro atoms. The van der Waals surface area contributed by atoms with Gasteiger partial charge in [-0.2, -0.15) is 0 Å². The Morgan fingerprint density at radius 2 is 1.70 bits per heavy atom. The smallest absolute Gasteiger partial charge is 0.194 e. The first-order chi connectivity index (χ1) is 14.2. The number of anilines is 1. The minimum Gasteiger partial charge on any atom is -0.497 e. The normalized spacial score (nSPS) is 18.8. The average molecular weight is 530 g/mol. The summed E-state index contributed by atoms with van der Waals surface area (Å²) in [7, 11) is 1.71. The molecule has 2 aliphatic heterocycles. The molecule has 2 heterocycles. The van der Waals surface area contributed by atoms with Gasteiger partial charge >= 0.3 is 0 Å². The number of aliphatic imine (C=N–C) groups is 1. The number of likely N-dealkylation sites (tertiary alicyclic amines) is 1. The lowest BCUT2D eigenvalue weighted by molar-refractivity contribution is 0.188. The molecule has 1 aromatic carbocycles. The van der Waals surface area contributed by atoms with Gasteiger partial charge in [0, 0.05) is 45.0 Å². The van der Waals surface area contributed by atoms with Crippen molar-refractivity contribution >= 4 is 35.6 Å². The van der Waals surface area contributed by atoms with Crippen LogP contribution >= 0.6 is 24.0 Å². The fourth-order valence-corrected chi connectivity index (χ4v) is 4.32. The Morgan fingerprint density at radius 1 is 1.03 bits per heavy atom. The van der Waals surface area contributed by atoms with Crippen molar-refractivity contribution < 1.29 is 4.74 Å². The van der Waals surface area contributed by atoms with E-state index in [0.717, 1.165) is 56.9 Å². The van der Waals surface area contributed by atoms with Gasteiger partial charge in [0.1, 0.15) is 5.75 Å². The lowest BCUT2D eigenvalue weighted by Gasteiger charge is -2.38. The van der Waals surface area contributed by atoms with Crippen LogP contribution in [-0.2, 0) is 0 Å². The average Bonchev–Trinajstić information content (AvgIpc) is 2.78. The lowest BCUT2D eigenvalue weighted by Crippen LogP contribution is -2.52. The molecule has 7 heteroatoms. The molecule has 170 valence electrons. The Labute approximate surface area is 200 Å². The molecule has 1 aromatic rings. The molecule has 0 unspecified atom stereocenters. The summed E-state index contributed by atoms with van der Waals surface area (Å²) in [6.07, 6.45) is 3.83. The third kappa shape index (κ3) is 7.18. The number of benzene rings is 1. The van der Waals surface area contributed by atoms with E-state index in [-0.39, 0.29) is 24.0 Å². The Hall–Kier alpha value is -1.22. The Balaban J connectivity index is 0.00000320. The molecule has 30 heavy (non-hydrogen) atoms. The first-order valence-corrected chi connectivity index (χ1v) is 11.4. The summed E-state index contributed by atoms with van der Waals surface area (Å²) in [4.78, 5) is 12.5. The molecule has 0 aromatic heterocycles. The van der Waals surface area contributed by atoms with Crippen LogP contribution in [0.1, 0.15) is 33.1 Å². The highest BCUT2D eigenvalue weighted by Crippen LogP contribution is 2.21. The van der Waals surface area contributed by atoms with Crippen LogP contribution in [0.25, 0.3) is 0 Å². The van der Waals surface area contributed by atoms with Crippen LogP contribution in [-0.4, -0.2) is 81.8 Å². The minimum atomic E-state index is 0. The van der Waals surface area contributed by atoms with Crippen molar-refractivity contribution in [3.63, 3.8) is 0 Å². The number of methoxy groups -OCH3 is 1. The summed E-state index contributed by atoms with van der Waals surface area (Å²) in [6, 6.07) is 8.38. The van der Waals surface area contributed by atoms with Gasteiger partial charge in [0.25, 0.3) is 0 Å². The molecule has 0 atom stereocenters. The molecule has 0 bridgehead atoms. The monoisotopic (exact) mass is 529 g/mol. The van der Waals surface area contributed by atoms with Crippen LogP contribution in [0.5, 0.6) is 5.75 Å². The van der Waals surface area contributed by atoms with Gasteiger partial charge in [-0.1, -0.05) is 6.92 Å². The van der Waals surface area contributed by atoms with E-state index in [1.165, 1.54) is 44.6 Å². The van der Waals surface area contributed by atoms with Gasteiger partial charge in [-0.15, -0.1) is 24.0 Å². The molecule has 2 saturated heterocycles. The Morgan fingerprint density at radius 3 is 2.27 bits per heavy atom. The summed E-state index contributed by atoms with van der Waals surface area (Å²) in [6.45, 7) is 14.1. The maximum absolute atomic E-state index is 5.27. The molecule has 0 radical (unpaired) electrons. The highest BCUT2D eigenvalue weighted by molar-refractivity contribution is 14.0. The van der Waals surface area contributed by atoms with E-state index in [2.05, 4.69) is 46.0 Å². The van der Waals surface area contributed by atoms with E-state index in [1.807, 2.05) is 12.1 Å². The van der Waals surface area contributed by atoms with Gasteiger partial charge in [-0.3, -0.25) is 4.99 Å². The highest BCUT2D eigenvalue weighted by atomic mass is 127. The molecule has 2 aliphatic rings. The number of rotatable bonds is 7. The van der Waals surface area contributed by atoms with E-state index in [0.29, 0.717) is 0 Å². The molecule has 6 nitrogen and oxygen atoms in total. The number of nitrogens with zero attached hydrogens (tertiary/aromatic N) is 4. The third-order valence-electron chi connectivity index (χ3n) is 6.10. The standard InChI is InChI=1S/C23H39N5O.HI/c1-4-12-26-13-10-20(11-14-26)19-25-23(24-5-2)28-17-15-27(16-18-28)21-6-8-22(29-3)9-7-21;/h6-9,20H,4-5,10-19H2,1-3H3,(H,24,25);1H. The number of nitrogens with one attached hydrogen (secondary N) is 1. The van der Waals surface area contributed by atoms with Crippen LogP contribution in [0.3, 0.4) is 0 Å². The largest absolute Gasteiger partial charge is 0.497 e. The van der Waals surface area contributed by atoms with Gasteiger partial charge in [-0.25, -0.2) is 0 Å². The maximum Gasteiger partial charge on any atom is 0.194 e. The van der Waals surface area contributed by atoms with Crippen molar-refractivity contribution in [3.8, 4) is 5.75 Å². The zero-order valence-corrected chi connectivity index (χ0v) is 21.3. The Bertz CT molecular complexity index is 623. The predicted octanol–water partition coefficient (Wildman–Crippen LogP) is 3.52. The molecule has 0 amide bonds. The van der Waals surface area contributed by atoms with Gasteiger partial charge in [0.15, 0.2) is 5.96 Å². The van der Waals surface area contributed by atoms with Gasteiger partial charge < -0.3 is 24.8 Å². The molecule has 0 saturated carbocycles. The van der Waals surface area contributed by atoms with Crippen LogP contribution in [0.15, 0.2) is 29.3 Å². The molecule has 1 N–H and O–H groups in total. The van der Waals surface area contributed by atoms with Crippen molar-refractivity contribution in [2.45, 2.75) is 33.1 Å². The number of hydrogen-bond donors (Lipinski definition) is 1. The quantitative estimate of drug-likeness (QED) is 0.333. The molecule has 2 fully saturated rings. The molecule has 0 aliphatic carbocycles. The predicted molar refractivity (Wildman–Crippen MR) is 138 cm³/mol. The summed E-state index contributed by atoms with van der Waals surface area (Å²) in [5.74, 6) is 2.74. The summed E-state index contributed by atoms with van der Waals surface area (Å²) in [5, 5.41) is 3.52. The number of halogens is 1. The van der Waals surface area contributed by atoms with E-state index >= 15 is 0 Å². The highest BCUT2D eigenvalue weighted by Gasteiger charge is 2.22. The van der Waals surface area contributed by atoms with E-state index in [1.54, 1.807) is 7.11 Å². The third-order valence-corrected chi connectivity index (χ3v) is 6.10. The SMILES string of the molecule is CCCN1CCC(CN=C(NCC)N2CCN(c3ccc(OC)cc3)CC2)CC1.I. The fourth-order valence-electron chi connectivity index (χ4n) is 4.32. The van der Waals surface area contributed by atoms with Gasteiger partial charge in [0.2, 0.25) is 0 Å². The minimum absolute atomic E-state index is 0. The summed E-state index contributed by atoms with van der Waals surface area (Å²) >= 11 is 0. The number of hydrogen-bond acceptors (Lipinski definition) is 4. The lowest BCUT2D eigenvalue weighted by atomic mass is 9.97. The van der Waals surface area contributed by atoms with Gasteiger partial charge in [0.05, 0.1) is 7.11 Å². The maximum atomic E-state index is 5.27. The molecule has 3 rings (SSSR count). The van der Waals surface area contributed by atoms with Crippen molar-refractivity contribution in [2.24, 2.45) is 10.9 Å². The first-order valence-electron chi connectivity index (χ1n) is 11.4. The van der Waals surface area contributed by atoms with Crippen LogP contribution in [0.2, 0.25) is 0 Å². The van der Waals surface area contributed by atoms with Crippen molar-refractivity contribution in [3.05, 3.63) is 24.3 Å². The second-order valence-corrected chi connectivity index (χ2v) is 8.15. The first kappa shape index (κ1) is 25.0. The van der Waals surface area contributed by atoms with E-state index in [4.69, 9.17) is 9.73 Å². The number of piperazine rings is 1. The van der Waals surface area contributed by atoms with Crippen LogP contribution in [0, 0.1) is 5.92 Å². The number of guanidine groups is 1. The topological polar surface area (TPSA) is 43.3 Å². The second-order valence-electron chi connectivity index (χ2n) is 8.15. The van der Waals surface area contributed by atoms with Gasteiger partial charge in [-0.05, 0) is 76.0 Å². The van der Waals surface area contributed by atoms with E-state index in [9.17, 15) is 0 Å². The fraction of sp³-hybridized carbons (Fsp3) is 0.696.